The number of carboxylic acids is 1. The van der Waals surface area contributed by atoms with Crippen LogP contribution in [0.3, 0.4) is 0 Å². The van der Waals surface area contributed by atoms with Gasteiger partial charge in [0, 0.05) is 24.2 Å². The predicted octanol–water partition coefficient (Wildman–Crippen LogP) is 0.583. The number of carboxylic acid groups (broad SMARTS) is 1. The van der Waals surface area contributed by atoms with E-state index >= 15 is 0 Å². The van der Waals surface area contributed by atoms with Crippen molar-refractivity contribution in [2.24, 2.45) is 0 Å². The average molecular weight is 304 g/mol. The topological polar surface area (TPSA) is 108 Å². The summed E-state index contributed by atoms with van der Waals surface area (Å²) >= 11 is 0. The van der Waals surface area contributed by atoms with E-state index < -0.39 is 23.5 Å². The quantitative estimate of drug-likeness (QED) is 0.831. The number of carbonyl (C=O) groups is 3. The van der Waals surface area contributed by atoms with Crippen LogP contribution in [0.2, 0.25) is 0 Å². The summed E-state index contributed by atoms with van der Waals surface area (Å²) in [6.45, 7) is 0.306. The van der Waals surface area contributed by atoms with Crippen LogP contribution < -0.4 is 5.56 Å². The fraction of sp³-hybridized carbons (Fsp3) is 0.467. The molecular weight excluding hydrogens is 288 g/mol. The third kappa shape index (κ3) is 2.32. The zero-order chi connectivity index (χ0) is 15.9. The van der Waals surface area contributed by atoms with E-state index in [1.807, 2.05) is 0 Å². The maximum Gasteiger partial charge on any atom is 0.326 e. The number of nitrogens with one attached hydrogen (secondary N) is 1. The van der Waals surface area contributed by atoms with E-state index in [1.54, 1.807) is 0 Å². The van der Waals surface area contributed by atoms with Crippen molar-refractivity contribution in [3.8, 4) is 0 Å². The highest BCUT2D eigenvalue weighted by Gasteiger charge is 2.36. The fourth-order valence-electron chi connectivity index (χ4n) is 3.16. The van der Waals surface area contributed by atoms with Crippen LogP contribution in [0.15, 0.2) is 10.9 Å². The van der Waals surface area contributed by atoms with Crippen molar-refractivity contribution in [2.75, 3.05) is 6.54 Å². The van der Waals surface area contributed by atoms with E-state index in [9.17, 15) is 19.2 Å². The molecule has 1 saturated heterocycles. The Kier molecular flexibility index (Phi) is 3.56. The van der Waals surface area contributed by atoms with E-state index in [2.05, 4.69) is 4.98 Å². The van der Waals surface area contributed by atoms with Gasteiger partial charge in [0.25, 0.3) is 11.5 Å². The second-order valence-corrected chi connectivity index (χ2v) is 5.68. The molecule has 116 valence electrons. The predicted molar refractivity (Wildman–Crippen MR) is 76.0 cm³/mol. The number of ketones is 1. The Morgan fingerprint density at radius 3 is 2.73 bits per heavy atom. The lowest BCUT2D eigenvalue weighted by Crippen LogP contribution is -2.42. The molecule has 2 aliphatic rings. The second-order valence-electron chi connectivity index (χ2n) is 5.68. The van der Waals surface area contributed by atoms with Crippen molar-refractivity contribution in [1.29, 1.82) is 0 Å². The minimum Gasteiger partial charge on any atom is -0.480 e. The first-order valence-corrected chi connectivity index (χ1v) is 7.32. The number of fused-ring (bicyclic) bond motifs is 1. The molecule has 1 aromatic heterocycles. The Hall–Kier alpha value is -2.44. The van der Waals surface area contributed by atoms with Crippen molar-refractivity contribution in [3.63, 3.8) is 0 Å². The number of amides is 1. The van der Waals surface area contributed by atoms with Gasteiger partial charge in [-0.2, -0.15) is 0 Å². The molecule has 1 amide bonds. The normalized spacial score (nSPS) is 20.8. The van der Waals surface area contributed by atoms with Crippen LogP contribution in [0.4, 0.5) is 0 Å². The minimum atomic E-state index is -1.07. The van der Waals surface area contributed by atoms with Crippen LogP contribution in [-0.4, -0.2) is 45.2 Å². The summed E-state index contributed by atoms with van der Waals surface area (Å²) < 4.78 is 0. The first kappa shape index (κ1) is 14.5. The molecule has 1 fully saturated rings. The highest BCUT2D eigenvalue weighted by molar-refractivity contribution is 6.02. The SMILES string of the molecule is O=C1CCCc2[nH]c(=O)c(C(=O)N3CCC[C@H]3C(=O)O)cc21. The zero-order valence-corrected chi connectivity index (χ0v) is 11.9. The lowest BCUT2D eigenvalue weighted by Gasteiger charge is -2.22. The summed E-state index contributed by atoms with van der Waals surface area (Å²) in [6.07, 6.45) is 2.65. The molecule has 0 unspecified atom stereocenters. The smallest absolute Gasteiger partial charge is 0.326 e. The van der Waals surface area contributed by atoms with Crippen molar-refractivity contribution in [2.45, 2.75) is 38.1 Å². The number of likely N-dealkylation sites (tertiary alicyclic amines) is 1. The van der Waals surface area contributed by atoms with Crippen LogP contribution in [0.25, 0.3) is 0 Å². The van der Waals surface area contributed by atoms with E-state index in [0.717, 1.165) is 0 Å². The van der Waals surface area contributed by atoms with Crippen molar-refractivity contribution in [3.05, 3.63) is 33.2 Å². The number of nitrogens with zero attached hydrogens (tertiary/aromatic N) is 1. The highest BCUT2D eigenvalue weighted by atomic mass is 16.4. The molecule has 1 aliphatic heterocycles. The van der Waals surface area contributed by atoms with E-state index in [4.69, 9.17) is 5.11 Å². The molecule has 1 atom stereocenters. The van der Waals surface area contributed by atoms with Gasteiger partial charge in [-0.15, -0.1) is 0 Å². The molecule has 2 heterocycles. The number of rotatable bonds is 2. The Morgan fingerprint density at radius 2 is 2.00 bits per heavy atom. The number of hydrogen-bond donors (Lipinski definition) is 2. The molecule has 0 spiro atoms. The summed E-state index contributed by atoms with van der Waals surface area (Å²) in [6, 6.07) is 0.425. The van der Waals surface area contributed by atoms with Crippen LogP contribution in [0.1, 0.15) is 52.1 Å². The number of Topliss-reactive ketones (excluding diaryl/α,β-unsaturated/α-hetero) is 1. The molecule has 2 N–H and O–H groups in total. The summed E-state index contributed by atoms with van der Waals surface area (Å²) in [7, 11) is 0. The maximum atomic E-state index is 12.5. The first-order valence-electron chi connectivity index (χ1n) is 7.32. The number of carbonyl (C=O) groups excluding carboxylic acids is 2. The van der Waals surface area contributed by atoms with Crippen molar-refractivity contribution in [1.82, 2.24) is 9.88 Å². The Bertz CT molecular complexity index is 721. The minimum absolute atomic E-state index is 0.0947. The third-order valence-electron chi connectivity index (χ3n) is 4.28. The molecule has 3 rings (SSSR count). The lowest BCUT2D eigenvalue weighted by molar-refractivity contribution is -0.141. The highest BCUT2D eigenvalue weighted by Crippen LogP contribution is 2.22. The maximum absolute atomic E-state index is 12.5. The van der Waals surface area contributed by atoms with E-state index in [0.29, 0.717) is 49.9 Å². The number of H-pyrrole nitrogens is 1. The van der Waals surface area contributed by atoms with Gasteiger partial charge in [-0.25, -0.2) is 4.79 Å². The molecule has 0 saturated carbocycles. The van der Waals surface area contributed by atoms with Crippen LogP contribution in [0, 0.1) is 0 Å². The molecule has 0 radical (unpaired) electrons. The van der Waals surface area contributed by atoms with Gasteiger partial charge in [0.05, 0.1) is 0 Å². The van der Waals surface area contributed by atoms with Gasteiger partial charge in [0.2, 0.25) is 0 Å². The van der Waals surface area contributed by atoms with Crippen molar-refractivity contribution >= 4 is 17.7 Å². The standard InChI is InChI=1S/C15H16N2O5/c18-12-5-1-3-10-8(12)7-9(13(19)16-10)14(20)17-6-2-4-11(17)15(21)22/h7,11H,1-6H2,(H,16,19)(H,21,22)/t11-/m0/s1. The van der Waals surface area contributed by atoms with Crippen LogP contribution in [-0.2, 0) is 11.2 Å². The first-order chi connectivity index (χ1) is 10.5. The Labute approximate surface area is 125 Å². The van der Waals surface area contributed by atoms with Gasteiger partial charge in [0.15, 0.2) is 5.78 Å². The number of aryl methyl sites for hydroxylation is 1. The Morgan fingerprint density at radius 1 is 1.23 bits per heavy atom. The Balaban J connectivity index is 1.99. The average Bonchev–Trinajstić information content (AvgIpc) is 2.96. The molecule has 1 aromatic rings. The second kappa shape index (κ2) is 5.40. The molecule has 0 bridgehead atoms. The number of hydrogen-bond acceptors (Lipinski definition) is 4. The van der Waals surface area contributed by atoms with Gasteiger partial charge in [-0.1, -0.05) is 0 Å². The van der Waals surface area contributed by atoms with Crippen molar-refractivity contribution < 1.29 is 19.5 Å². The fourth-order valence-corrected chi connectivity index (χ4v) is 3.16. The summed E-state index contributed by atoms with van der Waals surface area (Å²) in [5.41, 5.74) is 0.228. The summed E-state index contributed by atoms with van der Waals surface area (Å²) in [5.74, 6) is -1.79. The molecule has 22 heavy (non-hydrogen) atoms. The van der Waals surface area contributed by atoms with Crippen LogP contribution in [0.5, 0.6) is 0 Å². The van der Waals surface area contributed by atoms with Gasteiger partial charge in [-0.05, 0) is 31.7 Å². The largest absolute Gasteiger partial charge is 0.480 e. The van der Waals surface area contributed by atoms with E-state index in [1.165, 1.54) is 11.0 Å². The summed E-state index contributed by atoms with van der Waals surface area (Å²) in [5, 5.41) is 9.15. The number of aromatic nitrogens is 1. The monoisotopic (exact) mass is 304 g/mol. The zero-order valence-electron chi connectivity index (χ0n) is 11.9. The third-order valence-corrected chi connectivity index (χ3v) is 4.28. The molecule has 0 aromatic carbocycles. The number of aromatic amines is 1. The van der Waals surface area contributed by atoms with Gasteiger partial charge >= 0.3 is 5.97 Å². The lowest BCUT2D eigenvalue weighted by atomic mass is 9.93. The molecule has 1 aliphatic carbocycles. The van der Waals surface area contributed by atoms with Gasteiger partial charge in [-0.3, -0.25) is 14.4 Å². The summed E-state index contributed by atoms with van der Waals surface area (Å²) in [4.78, 5) is 51.5. The van der Waals surface area contributed by atoms with E-state index in [-0.39, 0.29) is 11.3 Å². The number of aliphatic carboxylic acids is 1. The number of pyridine rings is 1. The molecule has 7 heteroatoms. The van der Waals surface area contributed by atoms with Crippen LogP contribution >= 0.6 is 0 Å². The molecular formula is C15H16N2O5. The van der Waals surface area contributed by atoms with Gasteiger partial charge in [0.1, 0.15) is 11.6 Å². The van der Waals surface area contributed by atoms with Gasteiger partial charge < -0.3 is 15.0 Å². The molecule has 7 nitrogen and oxygen atoms in total.